The molecule has 6 heteroatoms. The molecule has 1 heterocycles. The molecule has 1 aliphatic heterocycles. The SMILES string of the molecule is Cc1cc(NC(=O)N2CCC[C@H]2CO)c(Cl)cc1F. The average Bonchev–Trinajstić information content (AvgIpc) is 2.84. The van der Waals surface area contributed by atoms with Crippen LogP contribution >= 0.6 is 11.6 Å². The number of carbonyl (C=O) groups is 1. The number of anilines is 1. The number of hydrogen-bond donors (Lipinski definition) is 2. The predicted octanol–water partition coefficient (Wildman–Crippen LogP) is 2.78. The van der Waals surface area contributed by atoms with E-state index in [-0.39, 0.29) is 23.7 Å². The summed E-state index contributed by atoms with van der Waals surface area (Å²) in [6.45, 7) is 2.16. The Hall–Kier alpha value is -1.33. The molecule has 1 aromatic carbocycles. The van der Waals surface area contributed by atoms with Crippen LogP contribution in [0.4, 0.5) is 14.9 Å². The highest BCUT2D eigenvalue weighted by atomic mass is 35.5. The lowest BCUT2D eigenvalue weighted by Crippen LogP contribution is -2.40. The lowest BCUT2D eigenvalue weighted by Gasteiger charge is -2.23. The van der Waals surface area contributed by atoms with E-state index in [2.05, 4.69) is 5.32 Å². The number of amides is 2. The van der Waals surface area contributed by atoms with Crippen LogP contribution in [0.2, 0.25) is 5.02 Å². The maximum absolute atomic E-state index is 13.3. The number of nitrogens with one attached hydrogen (secondary N) is 1. The van der Waals surface area contributed by atoms with Gasteiger partial charge in [-0.25, -0.2) is 9.18 Å². The largest absolute Gasteiger partial charge is 0.394 e. The Morgan fingerprint density at radius 3 is 3.05 bits per heavy atom. The molecule has 1 fully saturated rings. The molecular weight excluding hydrogens is 271 g/mol. The van der Waals surface area contributed by atoms with Gasteiger partial charge in [0, 0.05) is 6.54 Å². The summed E-state index contributed by atoms with van der Waals surface area (Å²) in [5.74, 6) is -0.405. The Morgan fingerprint density at radius 1 is 1.63 bits per heavy atom. The fourth-order valence-corrected chi connectivity index (χ4v) is 2.43. The third kappa shape index (κ3) is 2.98. The zero-order valence-electron chi connectivity index (χ0n) is 10.6. The van der Waals surface area contributed by atoms with Gasteiger partial charge in [0.1, 0.15) is 5.82 Å². The summed E-state index contributed by atoms with van der Waals surface area (Å²) >= 11 is 5.90. The molecule has 2 N–H and O–H groups in total. The first-order valence-corrected chi connectivity index (χ1v) is 6.55. The smallest absolute Gasteiger partial charge is 0.322 e. The molecule has 0 aliphatic carbocycles. The van der Waals surface area contributed by atoms with E-state index in [1.54, 1.807) is 11.8 Å². The van der Waals surface area contributed by atoms with E-state index in [0.29, 0.717) is 17.8 Å². The second-order valence-corrected chi connectivity index (χ2v) is 5.09. The summed E-state index contributed by atoms with van der Waals surface area (Å²) in [7, 11) is 0. The van der Waals surface area contributed by atoms with Gasteiger partial charge in [0.2, 0.25) is 0 Å². The fourth-order valence-electron chi connectivity index (χ4n) is 2.23. The van der Waals surface area contributed by atoms with Gasteiger partial charge in [0.15, 0.2) is 0 Å². The number of nitrogens with zero attached hydrogens (tertiary/aromatic N) is 1. The van der Waals surface area contributed by atoms with Crippen LogP contribution in [0.5, 0.6) is 0 Å². The Kier molecular flexibility index (Phi) is 4.27. The van der Waals surface area contributed by atoms with Crippen molar-refractivity contribution in [2.75, 3.05) is 18.5 Å². The molecule has 2 rings (SSSR count). The van der Waals surface area contributed by atoms with Crippen molar-refractivity contribution in [3.63, 3.8) is 0 Å². The highest BCUT2D eigenvalue weighted by molar-refractivity contribution is 6.33. The molecule has 1 atom stereocenters. The van der Waals surface area contributed by atoms with Crippen LogP contribution in [0.25, 0.3) is 0 Å². The van der Waals surface area contributed by atoms with Gasteiger partial charge in [-0.05, 0) is 37.5 Å². The Balaban J connectivity index is 2.13. The van der Waals surface area contributed by atoms with Gasteiger partial charge in [0.25, 0.3) is 0 Å². The zero-order chi connectivity index (χ0) is 14.0. The minimum atomic E-state index is -0.405. The van der Waals surface area contributed by atoms with E-state index in [0.717, 1.165) is 12.8 Å². The van der Waals surface area contributed by atoms with E-state index in [9.17, 15) is 14.3 Å². The Labute approximate surface area is 116 Å². The summed E-state index contributed by atoms with van der Waals surface area (Å²) in [5, 5.41) is 12.0. The second-order valence-electron chi connectivity index (χ2n) is 4.68. The van der Waals surface area contributed by atoms with Crippen molar-refractivity contribution < 1.29 is 14.3 Å². The van der Waals surface area contributed by atoms with Crippen molar-refractivity contribution in [3.8, 4) is 0 Å². The Bertz CT molecular complexity index is 496. The zero-order valence-corrected chi connectivity index (χ0v) is 11.4. The van der Waals surface area contributed by atoms with E-state index in [1.165, 1.54) is 12.1 Å². The van der Waals surface area contributed by atoms with Gasteiger partial charge in [-0.1, -0.05) is 11.6 Å². The second kappa shape index (κ2) is 5.75. The molecule has 1 saturated heterocycles. The van der Waals surface area contributed by atoms with Crippen molar-refractivity contribution in [1.29, 1.82) is 0 Å². The number of carbonyl (C=O) groups excluding carboxylic acids is 1. The lowest BCUT2D eigenvalue weighted by atomic mass is 10.2. The number of aliphatic hydroxyl groups is 1. The molecule has 1 aromatic rings. The molecule has 0 spiro atoms. The number of rotatable bonds is 2. The van der Waals surface area contributed by atoms with Gasteiger partial charge in [-0.3, -0.25) is 0 Å². The molecule has 0 radical (unpaired) electrons. The number of urea groups is 1. The Morgan fingerprint density at radius 2 is 2.37 bits per heavy atom. The van der Waals surface area contributed by atoms with Gasteiger partial charge < -0.3 is 15.3 Å². The number of halogens is 2. The van der Waals surface area contributed by atoms with Gasteiger partial charge in [-0.2, -0.15) is 0 Å². The van der Waals surface area contributed by atoms with E-state index in [1.807, 2.05) is 0 Å². The molecule has 0 saturated carbocycles. The number of aliphatic hydroxyl groups excluding tert-OH is 1. The molecule has 2 amide bonds. The van der Waals surface area contributed by atoms with E-state index in [4.69, 9.17) is 11.6 Å². The van der Waals surface area contributed by atoms with Gasteiger partial charge in [0.05, 0.1) is 23.4 Å². The molecular formula is C13H16ClFN2O2. The van der Waals surface area contributed by atoms with Crippen LogP contribution < -0.4 is 5.32 Å². The highest BCUT2D eigenvalue weighted by Gasteiger charge is 2.28. The molecule has 19 heavy (non-hydrogen) atoms. The average molecular weight is 287 g/mol. The van der Waals surface area contributed by atoms with Crippen LogP contribution in [-0.2, 0) is 0 Å². The third-order valence-corrected chi connectivity index (χ3v) is 3.65. The first-order valence-electron chi connectivity index (χ1n) is 6.17. The molecule has 1 aliphatic rings. The molecule has 104 valence electrons. The maximum Gasteiger partial charge on any atom is 0.322 e. The topological polar surface area (TPSA) is 52.6 Å². The maximum atomic E-state index is 13.3. The van der Waals surface area contributed by atoms with Gasteiger partial charge in [-0.15, -0.1) is 0 Å². The third-order valence-electron chi connectivity index (χ3n) is 3.34. The van der Waals surface area contributed by atoms with Crippen molar-refractivity contribution in [1.82, 2.24) is 4.90 Å². The number of aryl methyl sites for hydroxylation is 1. The summed E-state index contributed by atoms with van der Waals surface area (Å²) < 4.78 is 13.3. The molecule has 0 unspecified atom stereocenters. The number of hydrogen-bond acceptors (Lipinski definition) is 2. The summed E-state index contributed by atoms with van der Waals surface area (Å²) in [4.78, 5) is 13.7. The molecule has 0 bridgehead atoms. The highest BCUT2D eigenvalue weighted by Crippen LogP contribution is 2.26. The van der Waals surface area contributed by atoms with Crippen molar-refractivity contribution >= 4 is 23.3 Å². The normalized spacial score (nSPS) is 18.7. The first-order chi connectivity index (χ1) is 9.02. The van der Waals surface area contributed by atoms with Crippen molar-refractivity contribution in [2.45, 2.75) is 25.8 Å². The van der Waals surface area contributed by atoms with E-state index < -0.39 is 5.82 Å². The summed E-state index contributed by atoms with van der Waals surface area (Å²) in [5.41, 5.74) is 0.800. The van der Waals surface area contributed by atoms with Crippen LogP contribution in [-0.4, -0.2) is 35.2 Å². The minimum absolute atomic E-state index is 0.0520. The summed E-state index contributed by atoms with van der Waals surface area (Å²) in [6, 6.07) is 2.21. The summed E-state index contributed by atoms with van der Waals surface area (Å²) in [6.07, 6.45) is 1.66. The van der Waals surface area contributed by atoms with Gasteiger partial charge >= 0.3 is 6.03 Å². The number of likely N-dealkylation sites (tertiary alicyclic amines) is 1. The minimum Gasteiger partial charge on any atom is -0.394 e. The standard InChI is InChI=1S/C13H16ClFN2O2/c1-8-5-12(10(14)6-11(8)15)16-13(19)17-4-2-3-9(17)7-18/h5-6,9,18H,2-4,7H2,1H3,(H,16,19)/t9-/m0/s1. The van der Waals surface area contributed by atoms with E-state index >= 15 is 0 Å². The van der Waals surface area contributed by atoms with Crippen LogP contribution in [0.3, 0.4) is 0 Å². The lowest BCUT2D eigenvalue weighted by molar-refractivity contribution is 0.166. The quantitative estimate of drug-likeness (QED) is 0.878. The molecule has 4 nitrogen and oxygen atoms in total. The monoisotopic (exact) mass is 286 g/mol. The van der Waals surface area contributed by atoms with Crippen LogP contribution in [0.15, 0.2) is 12.1 Å². The van der Waals surface area contributed by atoms with Crippen molar-refractivity contribution in [2.24, 2.45) is 0 Å². The number of benzene rings is 1. The van der Waals surface area contributed by atoms with Crippen LogP contribution in [0.1, 0.15) is 18.4 Å². The first kappa shape index (κ1) is 14.1. The predicted molar refractivity (Wildman–Crippen MR) is 72.0 cm³/mol. The fraction of sp³-hybridized carbons (Fsp3) is 0.462. The van der Waals surface area contributed by atoms with Crippen molar-refractivity contribution in [3.05, 3.63) is 28.5 Å². The molecule has 0 aromatic heterocycles. The van der Waals surface area contributed by atoms with Crippen LogP contribution in [0, 0.1) is 12.7 Å².